The zero-order valence-electron chi connectivity index (χ0n) is 23.9. The van der Waals surface area contributed by atoms with E-state index in [2.05, 4.69) is 39.2 Å². The van der Waals surface area contributed by atoms with Gasteiger partial charge in [0.25, 0.3) is 36.0 Å². The third-order valence-corrected chi connectivity index (χ3v) is 9.89. The molecule has 4 aromatic carbocycles. The molecule has 4 rings (SSSR count). The highest BCUT2D eigenvalue weighted by atomic mass is 32.2. The Morgan fingerprint density at radius 3 is 1.78 bits per heavy atom. The van der Waals surface area contributed by atoms with Gasteiger partial charge in [-0.1, -0.05) is 10.1 Å². The minimum Gasteiger partial charge on any atom is -0.505 e. The lowest BCUT2D eigenvalue weighted by Gasteiger charge is -2.13. The first-order valence-electron chi connectivity index (χ1n) is 12.3. The van der Waals surface area contributed by atoms with Crippen molar-refractivity contribution in [2.75, 3.05) is 0 Å². The van der Waals surface area contributed by atoms with Crippen LogP contribution in [0.4, 0.5) is 28.4 Å². The van der Waals surface area contributed by atoms with E-state index in [1.54, 1.807) is 0 Å². The van der Waals surface area contributed by atoms with Gasteiger partial charge in [0, 0.05) is 12.1 Å². The number of aromatic hydroxyl groups is 2. The van der Waals surface area contributed by atoms with Gasteiger partial charge in [-0.05, 0) is 41.8 Å². The summed E-state index contributed by atoms with van der Waals surface area (Å²) >= 11 is 0.240. The molecule has 0 saturated heterocycles. The summed E-state index contributed by atoms with van der Waals surface area (Å²) in [5, 5.41) is 71.0. The molecule has 0 amide bonds. The van der Waals surface area contributed by atoms with Crippen LogP contribution < -0.4 is 0 Å². The molecule has 24 nitrogen and oxygen atoms in total. The minimum atomic E-state index is -5.29. The summed E-state index contributed by atoms with van der Waals surface area (Å²) < 4.78 is 109. The van der Waals surface area contributed by atoms with Gasteiger partial charge in [-0.2, -0.15) is 25.3 Å². The molecule has 0 atom stereocenters. The zero-order chi connectivity index (χ0) is 37.9. The molecule has 0 fully saturated rings. The molecule has 0 bridgehead atoms. The molecule has 29 heteroatoms. The van der Waals surface area contributed by atoms with E-state index in [9.17, 15) is 59.2 Å². The first kappa shape index (κ1) is 39.3. The van der Waals surface area contributed by atoms with Crippen molar-refractivity contribution in [1.82, 2.24) is 0 Å². The number of azo groups is 2. The molecule has 0 aromatic heterocycles. The van der Waals surface area contributed by atoms with Gasteiger partial charge >= 0.3 is 0 Å². The third-order valence-electron chi connectivity index (χ3n) is 6.01. The maximum absolute atomic E-state index is 12.4. The van der Waals surface area contributed by atoms with Crippen molar-refractivity contribution in [3.05, 3.63) is 58.6 Å². The Morgan fingerprint density at radius 1 is 0.647 bits per heavy atom. The second-order valence-corrected chi connectivity index (χ2v) is 14.7. The van der Waals surface area contributed by atoms with Gasteiger partial charge in [0.2, 0.25) is 0 Å². The molecule has 0 spiro atoms. The summed E-state index contributed by atoms with van der Waals surface area (Å²) in [5.41, 5.74) is -3.60. The predicted octanol–water partition coefficient (Wildman–Crippen LogP) is 5.59. The Labute approximate surface area is 291 Å². The van der Waals surface area contributed by atoms with Crippen molar-refractivity contribution in [1.29, 1.82) is 0 Å². The summed E-state index contributed by atoms with van der Waals surface area (Å²) in [6.45, 7) is 0. The SMILES string of the molecule is O=[N+]([O-])c1ccc(/N=N/c2c(S(=O)(=O)O)cc3cc(SOOO)c(/N=N/c4cc(S(=O)(=O)O)ccc4S(=O)(=O)O)c(O)c3c2O)c(SOOO)c1. The quantitative estimate of drug-likeness (QED) is 0.0204. The van der Waals surface area contributed by atoms with Gasteiger partial charge in [-0.25, -0.2) is 10.5 Å². The summed E-state index contributed by atoms with van der Waals surface area (Å²) in [4.78, 5) is 6.58. The molecule has 0 unspecified atom stereocenters. The Bertz CT molecular complexity index is 2440. The monoisotopic (exact) mass is 813 g/mol. The van der Waals surface area contributed by atoms with E-state index in [1.807, 2.05) is 0 Å². The average molecular weight is 814 g/mol. The van der Waals surface area contributed by atoms with E-state index in [0.717, 1.165) is 24.3 Å². The topological polar surface area (TPSA) is 374 Å². The second-order valence-electron chi connectivity index (χ2n) is 9.06. The molecule has 0 saturated carbocycles. The van der Waals surface area contributed by atoms with E-state index in [1.165, 1.54) is 0 Å². The molecular formula is C22H15N5O19S5. The number of fused-ring (bicyclic) bond motifs is 1. The van der Waals surface area contributed by atoms with Gasteiger partial charge in [0.1, 0.15) is 32.5 Å². The van der Waals surface area contributed by atoms with Crippen LogP contribution in [0, 0.1) is 10.1 Å². The molecule has 0 radical (unpaired) electrons. The lowest BCUT2D eigenvalue weighted by Crippen LogP contribution is -2.02. The van der Waals surface area contributed by atoms with Crippen LogP contribution >= 0.6 is 24.1 Å². The van der Waals surface area contributed by atoms with Gasteiger partial charge < -0.3 is 10.2 Å². The lowest BCUT2D eigenvalue weighted by molar-refractivity contribution is -0.432. The molecule has 4 aromatic rings. The summed E-state index contributed by atoms with van der Waals surface area (Å²) in [7, 11) is -15.4. The van der Waals surface area contributed by atoms with Crippen LogP contribution in [0.25, 0.3) is 10.8 Å². The number of phenolic OH excluding ortho intramolecular Hbond substituents is 2. The van der Waals surface area contributed by atoms with E-state index in [-0.39, 0.29) is 34.7 Å². The number of non-ortho nitro benzene ring substituents is 1. The van der Waals surface area contributed by atoms with Crippen LogP contribution in [-0.2, 0) is 49.1 Å². The fraction of sp³-hybridized carbons (Fsp3) is 0. The van der Waals surface area contributed by atoms with Crippen LogP contribution in [0.1, 0.15) is 0 Å². The summed E-state index contributed by atoms with van der Waals surface area (Å²) in [5.74, 6) is -2.36. The van der Waals surface area contributed by atoms with Crippen molar-refractivity contribution < 1.29 is 83.3 Å². The highest BCUT2D eigenvalue weighted by molar-refractivity contribution is 7.95. The van der Waals surface area contributed by atoms with Gasteiger partial charge in [0.05, 0.1) is 49.1 Å². The fourth-order valence-electron chi connectivity index (χ4n) is 3.95. The predicted molar refractivity (Wildman–Crippen MR) is 166 cm³/mol. The number of hydrogen-bond acceptors (Lipinski definition) is 22. The first-order valence-corrected chi connectivity index (χ1v) is 18.1. The van der Waals surface area contributed by atoms with Crippen LogP contribution in [0.3, 0.4) is 0 Å². The molecular weight excluding hydrogens is 799 g/mol. The summed E-state index contributed by atoms with van der Waals surface area (Å²) in [6.07, 6.45) is 0. The molecule has 7 N–H and O–H groups in total. The molecule has 0 aliphatic carbocycles. The Balaban J connectivity index is 2.01. The third kappa shape index (κ3) is 9.07. The number of nitro benzene ring substituents is 1. The molecule has 51 heavy (non-hydrogen) atoms. The van der Waals surface area contributed by atoms with Crippen LogP contribution in [-0.4, -0.2) is 64.6 Å². The van der Waals surface area contributed by atoms with E-state index in [4.69, 9.17) is 10.5 Å². The van der Waals surface area contributed by atoms with E-state index in [0.29, 0.717) is 24.3 Å². The van der Waals surface area contributed by atoms with Gasteiger partial charge in [-0.15, -0.1) is 29.1 Å². The van der Waals surface area contributed by atoms with E-state index >= 15 is 0 Å². The van der Waals surface area contributed by atoms with Crippen molar-refractivity contribution >= 4 is 93.6 Å². The number of nitrogens with zero attached hydrogens (tertiary/aromatic N) is 5. The Kier molecular flexibility index (Phi) is 11.9. The van der Waals surface area contributed by atoms with E-state index < -0.39 is 99.9 Å². The lowest BCUT2D eigenvalue weighted by atomic mass is 10.1. The maximum atomic E-state index is 12.4. The zero-order valence-corrected chi connectivity index (χ0v) is 28.0. The molecule has 0 aliphatic rings. The molecule has 0 aliphatic heterocycles. The second kappa shape index (κ2) is 15.4. The Hall–Kier alpha value is -4.47. The van der Waals surface area contributed by atoms with Gasteiger partial charge in [-0.3, -0.25) is 23.8 Å². The van der Waals surface area contributed by atoms with Crippen molar-refractivity contribution in [3.8, 4) is 11.5 Å². The number of benzene rings is 4. The Morgan fingerprint density at radius 2 is 1.22 bits per heavy atom. The smallest absolute Gasteiger partial charge is 0.296 e. The molecule has 272 valence electrons. The highest BCUT2D eigenvalue weighted by Gasteiger charge is 2.27. The van der Waals surface area contributed by atoms with Crippen molar-refractivity contribution in [2.24, 2.45) is 20.5 Å². The van der Waals surface area contributed by atoms with Crippen molar-refractivity contribution in [3.63, 3.8) is 0 Å². The minimum absolute atomic E-state index is 0.0553. The van der Waals surface area contributed by atoms with Crippen LogP contribution in [0.2, 0.25) is 0 Å². The normalized spacial score (nSPS) is 12.7. The largest absolute Gasteiger partial charge is 0.505 e. The maximum Gasteiger partial charge on any atom is 0.296 e. The standard InChI is InChI=1S/C22H15N5O19S5/c28-21-18-9(5-15(48-46-44-33)19(21)25-24-13-8-11(49(34,35)36)2-4-16(13)50(37,38)39)6-17(51(40,41)42)20(22(18)29)26-23-12-3-1-10(27(30)31)7-14(12)47-45-43-32/h1-8,28-29,32-33H,(H,34,35,36)(H,37,38,39)(H,40,41,42)/b25-24+,26-23+. The van der Waals surface area contributed by atoms with Gasteiger partial charge in [0.15, 0.2) is 11.5 Å². The molecule has 0 heterocycles. The first-order chi connectivity index (χ1) is 23.8. The highest BCUT2D eigenvalue weighted by Crippen LogP contribution is 2.51. The number of phenols is 2. The average Bonchev–Trinajstić information content (AvgIpc) is 3.03. The van der Waals surface area contributed by atoms with Crippen LogP contribution in [0.5, 0.6) is 11.5 Å². The van der Waals surface area contributed by atoms with Crippen LogP contribution in [0.15, 0.2) is 93.5 Å². The number of hydrogen-bond donors (Lipinski definition) is 7. The fourth-order valence-corrected chi connectivity index (χ4v) is 6.67. The van der Waals surface area contributed by atoms with Crippen molar-refractivity contribution in [2.45, 2.75) is 24.5 Å². The number of nitro groups is 1. The number of rotatable bonds is 14. The summed E-state index contributed by atoms with van der Waals surface area (Å²) in [6, 6.07) is 5.97.